The van der Waals surface area contributed by atoms with Crippen molar-refractivity contribution in [2.75, 3.05) is 6.61 Å². The van der Waals surface area contributed by atoms with Gasteiger partial charge in [0.05, 0.1) is 19.6 Å². The highest BCUT2D eigenvalue weighted by atomic mass is 16.5. The number of nitrogens with zero attached hydrogens (tertiary/aromatic N) is 1. The van der Waals surface area contributed by atoms with Gasteiger partial charge in [-0.3, -0.25) is 9.78 Å². The number of carbonyl (C=O) groups is 1. The lowest BCUT2D eigenvalue weighted by Gasteiger charge is -2.06. The van der Waals surface area contributed by atoms with Gasteiger partial charge in [0.2, 0.25) is 0 Å². The molecule has 20 heavy (non-hydrogen) atoms. The van der Waals surface area contributed by atoms with E-state index in [1.165, 1.54) is 0 Å². The summed E-state index contributed by atoms with van der Waals surface area (Å²) in [6, 6.07) is 9.52. The van der Waals surface area contributed by atoms with Crippen LogP contribution >= 0.6 is 0 Å². The molecular formula is C16H17NO3. The summed E-state index contributed by atoms with van der Waals surface area (Å²) in [5, 5.41) is 9.03. The summed E-state index contributed by atoms with van der Waals surface area (Å²) >= 11 is 0. The number of aliphatic hydroxyl groups is 1. The minimum atomic E-state index is -0.248. The van der Waals surface area contributed by atoms with E-state index in [2.05, 4.69) is 4.98 Å². The van der Waals surface area contributed by atoms with Gasteiger partial charge >= 0.3 is 5.97 Å². The largest absolute Gasteiger partial charge is 0.466 e. The Kier molecular flexibility index (Phi) is 4.85. The van der Waals surface area contributed by atoms with Crippen LogP contribution in [0, 0.1) is 0 Å². The molecule has 1 N–H and O–H groups in total. The van der Waals surface area contributed by atoms with E-state index in [0.29, 0.717) is 6.61 Å². The second-order valence-corrected chi connectivity index (χ2v) is 4.42. The number of esters is 1. The van der Waals surface area contributed by atoms with E-state index in [1.807, 2.05) is 30.3 Å². The van der Waals surface area contributed by atoms with Crippen LogP contribution in [0.15, 0.2) is 42.7 Å². The van der Waals surface area contributed by atoms with Crippen molar-refractivity contribution in [1.82, 2.24) is 4.98 Å². The van der Waals surface area contributed by atoms with Gasteiger partial charge in [0.15, 0.2) is 0 Å². The maximum absolute atomic E-state index is 11.5. The van der Waals surface area contributed by atoms with Crippen LogP contribution in [0.3, 0.4) is 0 Å². The lowest BCUT2D eigenvalue weighted by Crippen LogP contribution is -2.07. The van der Waals surface area contributed by atoms with Gasteiger partial charge in [-0.2, -0.15) is 0 Å². The molecule has 0 aliphatic carbocycles. The van der Waals surface area contributed by atoms with Gasteiger partial charge < -0.3 is 9.84 Å². The lowest BCUT2D eigenvalue weighted by atomic mass is 10.0. The number of benzene rings is 1. The Morgan fingerprint density at radius 2 is 1.90 bits per heavy atom. The monoisotopic (exact) mass is 271 g/mol. The van der Waals surface area contributed by atoms with Gasteiger partial charge in [-0.05, 0) is 29.7 Å². The fourth-order valence-corrected chi connectivity index (χ4v) is 1.92. The summed E-state index contributed by atoms with van der Waals surface area (Å²) in [6.07, 6.45) is 3.65. The standard InChI is InChI=1S/C16H17NO3/c1-2-20-16(19)8-13-7-15(10-17-9-13)14-5-3-12(11-18)4-6-14/h3-7,9-10,18H,2,8,11H2,1H3. The summed E-state index contributed by atoms with van der Waals surface area (Å²) in [7, 11) is 0. The molecule has 1 heterocycles. The number of aliphatic hydroxyl groups excluding tert-OH is 1. The molecule has 0 saturated heterocycles. The third-order valence-corrected chi connectivity index (χ3v) is 2.92. The minimum Gasteiger partial charge on any atom is -0.466 e. The summed E-state index contributed by atoms with van der Waals surface area (Å²) in [5.74, 6) is -0.248. The van der Waals surface area contributed by atoms with Crippen LogP contribution in [0.25, 0.3) is 11.1 Å². The molecule has 0 fully saturated rings. The number of aromatic nitrogens is 1. The Morgan fingerprint density at radius 3 is 2.55 bits per heavy atom. The van der Waals surface area contributed by atoms with Crippen molar-refractivity contribution >= 4 is 5.97 Å². The Hall–Kier alpha value is -2.20. The van der Waals surface area contributed by atoms with Gasteiger partial charge in [-0.25, -0.2) is 0 Å². The topological polar surface area (TPSA) is 59.4 Å². The smallest absolute Gasteiger partial charge is 0.310 e. The first-order valence-electron chi connectivity index (χ1n) is 6.52. The molecule has 0 aliphatic heterocycles. The van der Waals surface area contributed by atoms with E-state index in [1.54, 1.807) is 19.3 Å². The van der Waals surface area contributed by atoms with Gasteiger partial charge in [-0.1, -0.05) is 24.3 Å². The third kappa shape index (κ3) is 3.65. The molecule has 0 radical (unpaired) electrons. The van der Waals surface area contributed by atoms with Crippen LogP contribution in [0.2, 0.25) is 0 Å². The van der Waals surface area contributed by atoms with E-state index in [4.69, 9.17) is 9.84 Å². The summed E-state index contributed by atoms with van der Waals surface area (Å²) < 4.78 is 4.93. The molecule has 0 atom stereocenters. The number of carbonyl (C=O) groups excluding carboxylic acids is 1. The first kappa shape index (κ1) is 14.2. The first-order chi connectivity index (χ1) is 9.72. The molecule has 0 bridgehead atoms. The van der Waals surface area contributed by atoms with E-state index < -0.39 is 0 Å². The zero-order valence-corrected chi connectivity index (χ0v) is 11.4. The van der Waals surface area contributed by atoms with E-state index in [-0.39, 0.29) is 19.0 Å². The highest BCUT2D eigenvalue weighted by molar-refractivity contribution is 5.73. The van der Waals surface area contributed by atoms with Crippen molar-refractivity contribution in [3.05, 3.63) is 53.9 Å². The molecule has 1 aromatic heterocycles. The van der Waals surface area contributed by atoms with Crippen LogP contribution in [-0.4, -0.2) is 22.7 Å². The first-order valence-corrected chi connectivity index (χ1v) is 6.52. The Morgan fingerprint density at radius 1 is 1.15 bits per heavy atom. The molecule has 0 spiro atoms. The van der Waals surface area contributed by atoms with Gasteiger partial charge in [0, 0.05) is 18.0 Å². The Balaban J connectivity index is 2.18. The average molecular weight is 271 g/mol. The molecule has 0 unspecified atom stereocenters. The van der Waals surface area contributed by atoms with Crippen LogP contribution in [0.1, 0.15) is 18.1 Å². The van der Waals surface area contributed by atoms with Crippen LogP contribution in [0.4, 0.5) is 0 Å². The SMILES string of the molecule is CCOC(=O)Cc1cncc(-c2ccc(CO)cc2)c1. The maximum atomic E-state index is 11.5. The quantitative estimate of drug-likeness (QED) is 0.848. The van der Waals surface area contributed by atoms with E-state index in [0.717, 1.165) is 22.3 Å². The van der Waals surface area contributed by atoms with Crippen LogP contribution in [-0.2, 0) is 22.6 Å². The average Bonchev–Trinajstić information content (AvgIpc) is 2.48. The normalized spacial score (nSPS) is 10.3. The summed E-state index contributed by atoms with van der Waals surface area (Å²) in [4.78, 5) is 15.6. The molecule has 4 heteroatoms. The highest BCUT2D eigenvalue weighted by Crippen LogP contribution is 2.20. The molecule has 2 rings (SSSR count). The number of pyridine rings is 1. The van der Waals surface area contributed by atoms with Crippen molar-refractivity contribution in [3.63, 3.8) is 0 Å². The predicted octanol–water partition coefficient (Wildman–Crippen LogP) is 2.35. The molecule has 4 nitrogen and oxygen atoms in total. The van der Waals surface area contributed by atoms with Crippen molar-refractivity contribution in [2.24, 2.45) is 0 Å². The summed E-state index contributed by atoms with van der Waals surface area (Å²) in [5.41, 5.74) is 3.63. The molecule has 104 valence electrons. The van der Waals surface area contributed by atoms with Crippen molar-refractivity contribution in [3.8, 4) is 11.1 Å². The molecule has 0 amide bonds. The number of hydrogen-bond donors (Lipinski definition) is 1. The molecule has 0 saturated carbocycles. The molecule has 0 aliphatic rings. The van der Waals surface area contributed by atoms with Gasteiger partial charge in [-0.15, -0.1) is 0 Å². The molecule has 1 aromatic carbocycles. The fraction of sp³-hybridized carbons (Fsp3) is 0.250. The number of ether oxygens (including phenoxy) is 1. The zero-order chi connectivity index (χ0) is 14.4. The fourth-order valence-electron chi connectivity index (χ4n) is 1.92. The third-order valence-electron chi connectivity index (χ3n) is 2.92. The molecular weight excluding hydrogens is 254 g/mol. The van der Waals surface area contributed by atoms with Crippen molar-refractivity contribution in [2.45, 2.75) is 20.0 Å². The van der Waals surface area contributed by atoms with E-state index in [9.17, 15) is 4.79 Å². The highest BCUT2D eigenvalue weighted by Gasteiger charge is 2.06. The van der Waals surface area contributed by atoms with Gasteiger partial charge in [0.1, 0.15) is 0 Å². The van der Waals surface area contributed by atoms with Gasteiger partial charge in [0.25, 0.3) is 0 Å². The van der Waals surface area contributed by atoms with Crippen LogP contribution < -0.4 is 0 Å². The second-order valence-electron chi connectivity index (χ2n) is 4.42. The maximum Gasteiger partial charge on any atom is 0.310 e. The Labute approximate surface area is 118 Å². The molecule has 2 aromatic rings. The van der Waals surface area contributed by atoms with E-state index >= 15 is 0 Å². The van der Waals surface area contributed by atoms with Crippen LogP contribution in [0.5, 0.6) is 0 Å². The minimum absolute atomic E-state index is 0.0292. The van der Waals surface area contributed by atoms with Crippen molar-refractivity contribution in [1.29, 1.82) is 0 Å². The lowest BCUT2D eigenvalue weighted by molar-refractivity contribution is -0.142. The number of rotatable bonds is 5. The number of hydrogen-bond acceptors (Lipinski definition) is 4. The van der Waals surface area contributed by atoms with Crippen molar-refractivity contribution < 1.29 is 14.6 Å². The Bertz CT molecular complexity index is 579. The second kappa shape index (κ2) is 6.82. The zero-order valence-electron chi connectivity index (χ0n) is 11.4. The predicted molar refractivity (Wildman–Crippen MR) is 75.9 cm³/mol. The summed E-state index contributed by atoms with van der Waals surface area (Å²) in [6.45, 7) is 2.20.